The third kappa shape index (κ3) is 4.62. The normalized spacial score (nSPS) is 15.7. The third-order valence-corrected chi connectivity index (χ3v) is 6.87. The molecule has 2 heterocycles. The smallest absolute Gasteiger partial charge is 0.343 e. The van der Waals surface area contributed by atoms with Crippen molar-refractivity contribution in [2.75, 3.05) is 5.75 Å². The average Bonchev–Trinajstić information content (AvgIpc) is 3.21. The molecule has 1 unspecified atom stereocenters. The molecule has 0 saturated carbocycles. The summed E-state index contributed by atoms with van der Waals surface area (Å²) in [5.74, 6) is -11.3. The summed E-state index contributed by atoms with van der Waals surface area (Å²) in [5, 5.41) is 38.8. The molecule has 4 N–H and O–H groups in total. The Bertz CT molecular complexity index is 1670. The molecule has 0 spiro atoms. The number of aromatic hydroxyl groups is 3. The van der Waals surface area contributed by atoms with E-state index >= 15 is 8.78 Å². The van der Waals surface area contributed by atoms with Crippen LogP contribution in [0.1, 0.15) is 21.5 Å². The Kier molecular flexibility index (Phi) is 6.71. The number of rotatable bonds is 6. The molecule has 3 aromatic rings. The Morgan fingerprint density at radius 2 is 1.70 bits per heavy atom. The number of phenolic OH excluding ortho intramolecular Hbond substituents is 1. The number of nitrogens with zero attached hydrogens (tertiary/aromatic N) is 1. The Hall–Kier alpha value is -4.85. The highest BCUT2D eigenvalue weighted by atomic mass is 32.2. The Balaban J connectivity index is 1.64. The number of aromatic nitrogens is 1. The van der Waals surface area contributed by atoms with Gasteiger partial charge in [0.05, 0.1) is 5.75 Å². The minimum atomic E-state index is -1.89. The molecule has 1 aromatic heterocycles. The van der Waals surface area contributed by atoms with E-state index in [2.05, 4.69) is 0 Å². The number of allylic oxidation sites excluding steroid dienone is 2. The van der Waals surface area contributed by atoms with Crippen molar-refractivity contribution in [1.82, 2.24) is 4.73 Å². The van der Waals surface area contributed by atoms with Gasteiger partial charge >= 0.3 is 11.9 Å². The molecule has 0 bridgehead atoms. The van der Waals surface area contributed by atoms with Crippen molar-refractivity contribution >= 4 is 29.3 Å². The van der Waals surface area contributed by atoms with Gasteiger partial charge < -0.3 is 30.0 Å². The lowest BCUT2D eigenvalue weighted by Gasteiger charge is -2.31. The SMILES string of the molecule is O=C(CSc1cc(C2=C3C=C(F)C=CC3Oc3cc(O)c(F)cc32)c(C(=O)O)c(F)c1F)On1c(O)ccc1O. The van der Waals surface area contributed by atoms with E-state index in [9.17, 15) is 38.8 Å². The minimum absolute atomic E-state index is 0.0417. The number of aromatic carboxylic acids is 1. The molecule has 1 atom stereocenters. The van der Waals surface area contributed by atoms with Gasteiger partial charge in [-0.3, -0.25) is 0 Å². The molecule has 1 aliphatic carbocycles. The number of fused-ring (bicyclic) bond motifs is 2. The second-order valence-corrected chi connectivity index (χ2v) is 9.40. The number of carboxylic acids is 1. The van der Waals surface area contributed by atoms with Crippen LogP contribution in [0.25, 0.3) is 5.57 Å². The first-order chi connectivity index (χ1) is 19.0. The van der Waals surface area contributed by atoms with Crippen LogP contribution in [0.4, 0.5) is 17.6 Å². The van der Waals surface area contributed by atoms with E-state index < -0.39 is 80.6 Å². The largest absolute Gasteiger partial charge is 0.505 e. The van der Waals surface area contributed by atoms with Gasteiger partial charge in [-0.15, -0.1) is 16.5 Å². The molecule has 14 heteroatoms. The Labute approximate surface area is 225 Å². The molecule has 0 radical (unpaired) electrons. The summed E-state index contributed by atoms with van der Waals surface area (Å²) in [5.41, 5.74) is -2.08. The van der Waals surface area contributed by atoms with Crippen LogP contribution >= 0.6 is 11.8 Å². The first kappa shape index (κ1) is 26.7. The predicted molar refractivity (Wildman–Crippen MR) is 130 cm³/mol. The fraction of sp³-hybridized carbons (Fsp3) is 0.0769. The summed E-state index contributed by atoms with van der Waals surface area (Å²) >= 11 is 0.388. The second kappa shape index (κ2) is 10.0. The maximum Gasteiger partial charge on any atom is 0.343 e. The van der Waals surface area contributed by atoms with Gasteiger partial charge in [0.1, 0.15) is 23.2 Å². The standard InChI is InChI=1S/C26H15F4NO8S/c27-10-1-2-16-11(5-10)22(12-6-14(28)15(32)8-17(12)38-16)13-7-18(24(29)25(30)23(13)26(36)37)40-9-21(35)39-31-19(33)3-4-20(31)34/h1-8,16,32-34H,9H2,(H,36,37). The van der Waals surface area contributed by atoms with Crippen LogP contribution in [0.5, 0.6) is 23.3 Å². The Morgan fingerprint density at radius 1 is 1.00 bits per heavy atom. The third-order valence-electron chi connectivity index (χ3n) is 5.88. The topological polar surface area (TPSA) is 138 Å². The highest BCUT2D eigenvalue weighted by Crippen LogP contribution is 2.46. The molecular formula is C26H15F4NO8S. The highest BCUT2D eigenvalue weighted by molar-refractivity contribution is 8.00. The monoisotopic (exact) mass is 577 g/mol. The quantitative estimate of drug-likeness (QED) is 0.247. The minimum Gasteiger partial charge on any atom is -0.505 e. The second-order valence-electron chi connectivity index (χ2n) is 8.38. The van der Waals surface area contributed by atoms with Crippen LogP contribution in [0.2, 0.25) is 0 Å². The summed E-state index contributed by atoms with van der Waals surface area (Å²) in [6.45, 7) is 0. The van der Waals surface area contributed by atoms with Crippen molar-refractivity contribution < 1.29 is 57.2 Å². The zero-order chi connectivity index (χ0) is 28.9. The van der Waals surface area contributed by atoms with Gasteiger partial charge in [0, 0.05) is 45.4 Å². The van der Waals surface area contributed by atoms with E-state index in [1.165, 1.54) is 6.08 Å². The van der Waals surface area contributed by atoms with Crippen LogP contribution in [-0.4, -0.2) is 49.0 Å². The van der Waals surface area contributed by atoms with Crippen molar-refractivity contribution in [3.05, 3.63) is 94.1 Å². The molecule has 0 fully saturated rings. The summed E-state index contributed by atoms with van der Waals surface area (Å²) in [4.78, 5) is 28.6. The molecule has 2 aromatic carbocycles. The van der Waals surface area contributed by atoms with Gasteiger partial charge in [-0.05, 0) is 30.4 Å². The zero-order valence-electron chi connectivity index (χ0n) is 19.7. The fourth-order valence-corrected chi connectivity index (χ4v) is 4.93. The van der Waals surface area contributed by atoms with Gasteiger partial charge in [0.15, 0.2) is 23.2 Å². The van der Waals surface area contributed by atoms with Crippen molar-refractivity contribution in [3.8, 4) is 23.3 Å². The summed E-state index contributed by atoms with van der Waals surface area (Å²) in [6, 6.07) is 4.63. The van der Waals surface area contributed by atoms with Crippen molar-refractivity contribution in [1.29, 1.82) is 0 Å². The lowest BCUT2D eigenvalue weighted by Crippen LogP contribution is -2.25. The predicted octanol–water partition coefficient (Wildman–Crippen LogP) is 4.45. The lowest BCUT2D eigenvalue weighted by atomic mass is 9.84. The first-order valence-electron chi connectivity index (χ1n) is 11.1. The van der Waals surface area contributed by atoms with E-state index in [0.717, 1.165) is 42.5 Å². The maximum atomic E-state index is 15.3. The van der Waals surface area contributed by atoms with E-state index in [4.69, 9.17) is 9.57 Å². The lowest BCUT2D eigenvalue weighted by molar-refractivity contribution is -0.142. The van der Waals surface area contributed by atoms with Crippen LogP contribution in [0, 0.1) is 17.5 Å². The summed E-state index contributed by atoms with van der Waals surface area (Å²) < 4.78 is 65.1. The van der Waals surface area contributed by atoms with E-state index in [-0.39, 0.29) is 22.5 Å². The molecule has 0 saturated heterocycles. The number of hydrogen-bond acceptors (Lipinski definition) is 8. The number of benzene rings is 2. The van der Waals surface area contributed by atoms with Crippen molar-refractivity contribution in [2.24, 2.45) is 0 Å². The number of carboxylic acid groups (broad SMARTS) is 1. The molecule has 1 aliphatic heterocycles. The molecule has 206 valence electrons. The number of thioether (sulfide) groups is 1. The highest BCUT2D eigenvalue weighted by Gasteiger charge is 2.35. The fourth-order valence-electron chi connectivity index (χ4n) is 4.18. The van der Waals surface area contributed by atoms with E-state index in [1.54, 1.807) is 0 Å². The number of hydrogen-bond donors (Lipinski definition) is 4. The molecular weight excluding hydrogens is 562 g/mol. The number of carbonyl (C=O) groups excluding carboxylic acids is 1. The van der Waals surface area contributed by atoms with Gasteiger partial charge in [-0.25, -0.2) is 27.2 Å². The summed E-state index contributed by atoms with van der Waals surface area (Å²) in [7, 11) is 0. The average molecular weight is 577 g/mol. The number of phenols is 1. The number of halogens is 4. The molecule has 5 rings (SSSR count). The van der Waals surface area contributed by atoms with E-state index in [1.807, 2.05) is 0 Å². The van der Waals surface area contributed by atoms with Gasteiger partial charge in [-0.2, -0.15) is 0 Å². The Morgan fingerprint density at radius 3 is 2.38 bits per heavy atom. The number of ether oxygens (including phenoxy) is 1. The molecule has 9 nitrogen and oxygen atoms in total. The van der Waals surface area contributed by atoms with Crippen molar-refractivity contribution in [3.63, 3.8) is 0 Å². The first-order valence-corrected chi connectivity index (χ1v) is 12.1. The van der Waals surface area contributed by atoms with Crippen molar-refractivity contribution in [2.45, 2.75) is 11.0 Å². The van der Waals surface area contributed by atoms with Crippen LogP contribution < -0.4 is 9.57 Å². The molecule has 40 heavy (non-hydrogen) atoms. The summed E-state index contributed by atoms with van der Waals surface area (Å²) in [6.07, 6.45) is 2.21. The van der Waals surface area contributed by atoms with E-state index in [0.29, 0.717) is 16.5 Å². The van der Waals surface area contributed by atoms with Gasteiger partial charge in [0.2, 0.25) is 11.8 Å². The van der Waals surface area contributed by atoms with Crippen LogP contribution in [0.15, 0.2) is 64.9 Å². The van der Waals surface area contributed by atoms with Crippen LogP contribution in [0.3, 0.4) is 0 Å². The van der Waals surface area contributed by atoms with Crippen LogP contribution in [-0.2, 0) is 4.79 Å². The zero-order valence-corrected chi connectivity index (χ0v) is 20.5. The maximum absolute atomic E-state index is 15.3. The molecule has 0 amide bonds. The van der Waals surface area contributed by atoms with Gasteiger partial charge in [-0.1, -0.05) is 0 Å². The van der Waals surface area contributed by atoms with Gasteiger partial charge in [0.25, 0.3) is 0 Å². The number of carbonyl (C=O) groups is 2. The molecule has 2 aliphatic rings.